The highest BCUT2D eigenvalue weighted by molar-refractivity contribution is 6.36. The molecule has 0 aliphatic carbocycles. The van der Waals surface area contributed by atoms with Gasteiger partial charge in [0, 0.05) is 32.7 Å². The summed E-state index contributed by atoms with van der Waals surface area (Å²) in [6.45, 7) is 3.96. The zero-order valence-electron chi connectivity index (χ0n) is 19.6. The van der Waals surface area contributed by atoms with E-state index in [-0.39, 0.29) is 11.5 Å². The van der Waals surface area contributed by atoms with Gasteiger partial charge in [-0.25, -0.2) is 9.78 Å². The Labute approximate surface area is 224 Å². The van der Waals surface area contributed by atoms with Crippen LogP contribution in [-0.2, 0) is 0 Å². The fraction of sp³-hybridized carbons (Fsp3) is 0.172. The van der Waals surface area contributed by atoms with Crippen LogP contribution in [0, 0.1) is 0 Å². The normalized spacial score (nSPS) is 16.2. The molecule has 0 amide bonds. The van der Waals surface area contributed by atoms with E-state index in [2.05, 4.69) is 0 Å². The Kier molecular flexibility index (Phi) is 6.46. The zero-order chi connectivity index (χ0) is 25.6. The molecule has 5 rings (SSSR count). The van der Waals surface area contributed by atoms with E-state index in [1.54, 1.807) is 24.3 Å². The largest absolute Gasteiger partial charge is 0.478 e. The predicted molar refractivity (Wildman–Crippen MR) is 145 cm³/mol. The van der Waals surface area contributed by atoms with Crippen molar-refractivity contribution in [3.63, 3.8) is 0 Å². The number of halogens is 3. The summed E-state index contributed by atoms with van der Waals surface area (Å²) >= 11 is 19.0. The van der Waals surface area contributed by atoms with E-state index in [0.717, 1.165) is 22.3 Å². The molecule has 1 N–H and O–H groups in total. The highest BCUT2D eigenvalue weighted by atomic mass is 35.5. The maximum Gasteiger partial charge on any atom is 0.335 e. The molecule has 3 aromatic carbocycles. The lowest BCUT2D eigenvalue weighted by Gasteiger charge is -2.38. The minimum Gasteiger partial charge on any atom is -0.478 e. The van der Waals surface area contributed by atoms with Crippen LogP contribution >= 0.6 is 34.8 Å². The number of carboxylic acids is 1. The van der Waals surface area contributed by atoms with E-state index in [9.17, 15) is 9.90 Å². The molecular formula is C29H22Cl3NO3. The summed E-state index contributed by atoms with van der Waals surface area (Å²) in [5, 5.41) is 11.5. The first kappa shape index (κ1) is 24.6. The van der Waals surface area contributed by atoms with Gasteiger partial charge in [-0.3, -0.25) is 0 Å². The summed E-state index contributed by atoms with van der Waals surface area (Å²) < 4.78 is 6.36. The van der Waals surface area contributed by atoms with Crippen LogP contribution in [0.1, 0.15) is 47.7 Å². The number of rotatable bonds is 4. The number of aromatic nitrogens is 1. The van der Waals surface area contributed by atoms with Gasteiger partial charge < -0.3 is 9.84 Å². The van der Waals surface area contributed by atoms with Gasteiger partial charge in [0.25, 0.3) is 0 Å². The molecule has 7 heteroatoms. The lowest BCUT2D eigenvalue weighted by molar-refractivity contribution is 0.0665. The van der Waals surface area contributed by atoms with Crippen molar-refractivity contribution in [2.75, 3.05) is 0 Å². The minimum absolute atomic E-state index is 0.232. The maximum atomic E-state index is 12.1. The first-order valence-electron chi connectivity index (χ1n) is 11.4. The standard InChI is InChI=1S/C29H22Cl3NO3/c1-29(2)15-24(19-5-3-4-6-20(19)28(34)35)23-14-22(16-7-9-17(30)10-8-16)26(33-27(23)36-29)21-12-11-18(31)13-25(21)32/h3-14,24H,15H2,1-2H3,(H,34,35). The van der Waals surface area contributed by atoms with Crippen molar-refractivity contribution in [1.82, 2.24) is 4.98 Å². The molecule has 1 aliphatic rings. The molecule has 0 saturated heterocycles. The van der Waals surface area contributed by atoms with Crippen molar-refractivity contribution in [3.05, 3.63) is 105 Å². The van der Waals surface area contributed by atoms with Gasteiger partial charge in [-0.05, 0) is 73.9 Å². The lowest BCUT2D eigenvalue weighted by Crippen LogP contribution is -2.36. The Bertz CT molecular complexity index is 1480. The summed E-state index contributed by atoms with van der Waals surface area (Å²) in [6.07, 6.45) is 0.590. The second kappa shape index (κ2) is 9.44. The van der Waals surface area contributed by atoms with Gasteiger partial charge >= 0.3 is 5.97 Å². The summed E-state index contributed by atoms with van der Waals surface area (Å²) in [6, 6.07) is 21.9. The van der Waals surface area contributed by atoms with Crippen LogP contribution in [-0.4, -0.2) is 21.7 Å². The van der Waals surface area contributed by atoms with Crippen molar-refractivity contribution >= 4 is 40.8 Å². The second-order valence-electron chi connectivity index (χ2n) is 9.42. The number of pyridine rings is 1. The van der Waals surface area contributed by atoms with Crippen molar-refractivity contribution in [1.29, 1.82) is 0 Å². The van der Waals surface area contributed by atoms with Crippen LogP contribution in [0.4, 0.5) is 0 Å². The number of carboxylic acid groups (broad SMARTS) is 1. The van der Waals surface area contributed by atoms with Gasteiger partial charge in [0.2, 0.25) is 5.88 Å². The minimum atomic E-state index is -0.966. The fourth-order valence-electron chi connectivity index (χ4n) is 4.76. The van der Waals surface area contributed by atoms with E-state index in [1.807, 2.05) is 62.4 Å². The van der Waals surface area contributed by atoms with Gasteiger partial charge in [-0.2, -0.15) is 0 Å². The molecule has 4 aromatic rings. The average Bonchev–Trinajstić information content (AvgIpc) is 2.83. The Balaban J connectivity index is 1.80. The molecule has 1 aromatic heterocycles. The average molecular weight is 539 g/mol. The number of aromatic carboxylic acids is 1. The first-order valence-corrected chi connectivity index (χ1v) is 12.5. The molecular weight excluding hydrogens is 517 g/mol. The summed E-state index contributed by atoms with van der Waals surface area (Å²) in [7, 11) is 0. The Morgan fingerprint density at radius 1 is 0.917 bits per heavy atom. The Hall–Kier alpha value is -3.05. The highest BCUT2D eigenvalue weighted by Crippen LogP contribution is 2.48. The zero-order valence-corrected chi connectivity index (χ0v) is 21.8. The summed E-state index contributed by atoms with van der Waals surface area (Å²) in [5.41, 5.74) is 4.32. The molecule has 4 nitrogen and oxygen atoms in total. The lowest BCUT2D eigenvalue weighted by atomic mass is 9.78. The molecule has 1 atom stereocenters. The van der Waals surface area contributed by atoms with Crippen LogP contribution < -0.4 is 4.74 Å². The van der Waals surface area contributed by atoms with E-state index >= 15 is 0 Å². The number of benzene rings is 3. The van der Waals surface area contributed by atoms with Crippen LogP contribution in [0.15, 0.2) is 72.8 Å². The molecule has 0 radical (unpaired) electrons. The van der Waals surface area contributed by atoms with Crippen LogP contribution in [0.3, 0.4) is 0 Å². The maximum absolute atomic E-state index is 12.1. The van der Waals surface area contributed by atoms with E-state index in [0.29, 0.717) is 38.6 Å². The monoisotopic (exact) mass is 537 g/mol. The Morgan fingerprint density at radius 2 is 1.61 bits per heavy atom. The van der Waals surface area contributed by atoms with Crippen molar-refractivity contribution in [2.45, 2.75) is 31.8 Å². The van der Waals surface area contributed by atoms with E-state index < -0.39 is 11.6 Å². The molecule has 0 bridgehead atoms. The Morgan fingerprint density at radius 3 is 2.31 bits per heavy atom. The summed E-state index contributed by atoms with van der Waals surface area (Å²) in [4.78, 5) is 17.1. The fourth-order valence-corrected chi connectivity index (χ4v) is 5.38. The van der Waals surface area contributed by atoms with Crippen LogP contribution in [0.25, 0.3) is 22.4 Å². The third-order valence-electron chi connectivity index (χ3n) is 6.37. The molecule has 1 aliphatic heterocycles. The van der Waals surface area contributed by atoms with Crippen LogP contribution in [0.2, 0.25) is 15.1 Å². The highest BCUT2D eigenvalue weighted by Gasteiger charge is 2.38. The number of carbonyl (C=O) groups is 1. The SMILES string of the molecule is CC1(C)CC(c2ccccc2C(=O)O)c2cc(-c3ccc(Cl)cc3)c(-c3ccc(Cl)cc3Cl)nc2O1. The number of ether oxygens (including phenoxy) is 1. The molecule has 1 unspecified atom stereocenters. The third-order valence-corrected chi connectivity index (χ3v) is 7.17. The van der Waals surface area contributed by atoms with Gasteiger partial charge in [0.15, 0.2) is 0 Å². The third kappa shape index (κ3) is 4.69. The first-order chi connectivity index (χ1) is 17.1. The predicted octanol–water partition coefficient (Wildman–Crippen LogP) is 8.77. The number of hydrogen-bond donors (Lipinski definition) is 1. The molecule has 182 valence electrons. The van der Waals surface area contributed by atoms with Gasteiger partial charge in [0.05, 0.1) is 16.3 Å². The number of hydrogen-bond acceptors (Lipinski definition) is 3. The van der Waals surface area contributed by atoms with Crippen molar-refractivity contribution < 1.29 is 14.6 Å². The smallest absolute Gasteiger partial charge is 0.335 e. The molecule has 2 heterocycles. The van der Waals surface area contributed by atoms with E-state index in [4.69, 9.17) is 44.5 Å². The quantitative estimate of drug-likeness (QED) is 0.282. The van der Waals surface area contributed by atoms with Crippen molar-refractivity contribution in [2.24, 2.45) is 0 Å². The molecule has 0 spiro atoms. The topological polar surface area (TPSA) is 59.4 Å². The number of fused-ring (bicyclic) bond motifs is 1. The van der Waals surface area contributed by atoms with Gasteiger partial charge in [-0.15, -0.1) is 0 Å². The second-order valence-corrected chi connectivity index (χ2v) is 10.7. The van der Waals surface area contributed by atoms with Crippen LogP contribution in [0.5, 0.6) is 5.88 Å². The van der Waals surface area contributed by atoms with E-state index in [1.165, 1.54) is 0 Å². The molecule has 0 saturated carbocycles. The number of nitrogens with zero attached hydrogens (tertiary/aromatic N) is 1. The van der Waals surface area contributed by atoms with Gasteiger partial charge in [0.1, 0.15) is 5.60 Å². The molecule has 36 heavy (non-hydrogen) atoms. The molecule has 0 fully saturated rings. The van der Waals surface area contributed by atoms with Gasteiger partial charge in [-0.1, -0.05) is 65.1 Å². The van der Waals surface area contributed by atoms with Crippen molar-refractivity contribution in [3.8, 4) is 28.3 Å². The summed E-state index contributed by atoms with van der Waals surface area (Å²) in [5.74, 6) is -0.744.